The molecule has 0 radical (unpaired) electrons. The van der Waals surface area contributed by atoms with Gasteiger partial charge < -0.3 is 14.8 Å². The number of hydrogen-bond donors (Lipinski definition) is 1. The van der Waals surface area contributed by atoms with E-state index in [0.717, 1.165) is 12.2 Å². The number of nitrogens with one attached hydrogen (secondary N) is 1. The summed E-state index contributed by atoms with van der Waals surface area (Å²) >= 11 is 0. The summed E-state index contributed by atoms with van der Waals surface area (Å²) in [5.41, 5.74) is -0.487. The Bertz CT molecular complexity index is 839. The molecule has 9 heteroatoms. The smallest absolute Gasteiger partial charge is 0.387 e. The number of methoxy groups -OCH3 is 1. The Morgan fingerprint density at radius 2 is 1.81 bits per heavy atom. The summed E-state index contributed by atoms with van der Waals surface area (Å²) < 4.78 is 73.8. The van der Waals surface area contributed by atoms with Gasteiger partial charge in [-0.3, -0.25) is 4.79 Å². The van der Waals surface area contributed by atoms with Crippen molar-refractivity contribution in [2.24, 2.45) is 0 Å². The predicted molar refractivity (Wildman–Crippen MR) is 83.6 cm³/mol. The summed E-state index contributed by atoms with van der Waals surface area (Å²) in [7, 11) is 1.25. The second-order valence-corrected chi connectivity index (χ2v) is 4.83. The van der Waals surface area contributed by atoms with Gasteiger partial charge in [-0.25, -0.2) is 13.2 Å². The Kier molecular flexibility index (Phi) is 6.16. The van der Waals surface area contributed by atoms with Crippen molar-refractivity contribution in [3.05, 3.63) is 59.4 Å². The van der Waals surface area contributed by atoms with Crippen LogP contribution in [0.25, 0.3) is 6.08 Å². The number of halogens is 5. The minimum absolute atomic E-state index is 0.0134. The first-order valence-corrected chi connectivity index (χ1v) is 7.07. The number of hydrogen-bond acceptors (Lipinski definition) is 3. The van der Waals surface area contributed by atoms with E-state index in [1.807, 2.05) is 5.32 Å². The number of para-hydroxylation sites is 1. The minimum Gasteiger partial charge on any atom is -0.493 e. The van der Waals surface area contributed by atoms with Crippen LogP contribution >= 0.6 is 0 Å². The third-order valence-corrected chi connectivity index (χ3v) is 3.12. The van der Waals surface area contributed by atoms with Crippen LogP contribution in [0.3, 0.4) is 0 Å². The van der Waals surface area contributed by atoms with E-state index < -0.39 is 35.7 Å². The summed E-state index contributed by atoms with van der Waals surface area (Å²) in [5, 5.41) is 2.01. The summed E-state index contributed by atoms with van der Waals surface area (Å²) in [6.07, 6.45) is 2.00. The van der Waals surface area contributed by atoms with Gasteiger partial charge in [0.15, 0.2) is 23.1 Å². The highest BCUT2D eigenvalue weighted by Crippen LogP contribution is 2.33. The summed E-state index contributed by atoms with van der Waals surface area (Å²) in [6, 6.07) is 5.00. The van der Waals surface area contributed by atoms with Crippen LogP contribution in [0.15, 0.2) is 36.4 Å². The van der Waals surface area contributed by atoms with Crippen molar-refractivity contribution in [1.29, 1.82) is 0 Å². The van der Waals surface area contributed by atoms with Gasteiger partial charge in [-0.05, 0) is 12.1 Å². The third kappa shape index (κ3) is 4.71. The van der Waals surface area contributed by atoms with Gasteiger partial charge in [-0.15, -0.1) is 0 Å². The highest BCUT2D eigenvalue weighted by molar-refractivity contribution is 6.02. The lowest BCUT2D eigenvalue weighted by atomic mass is 10.1. The van der Waals surface area contributed by atoms with Crippen LogP contribution in [0, 0.1) is 17.5 Å². The number of alkyl halides is 2. The van der Waals surface area contributed by atoms with Crippen LogP contribution in [-0.2, 0) is 4.79 Å². The Hall–Kier alpha value is -3.10. The van der Waals surface area contributed by atoms with E-state index in [1.54, 1.807) is 0 Å². The van der Waals surface area contributed by atoms with E-state index in [9.17, 15) is 26.7 Å². The molecular weight excluding hydrogens is 361 g/mol. The van der Waals surface area contributed by atoms with E-state index in [-0.39, 0.29) is 23.1 Å². The second kappa shape index (κ2) is 8.32. The molecule has 1 amide bonds. The number of carbonyl (C=O) groups is 1. The van der Waals surface area contributed by atoms with Gasteiger partial charge in [0, 0.05) is 23.8 Å². The summed E-state index contributed by atoms with van der Waals surface area (Å²) in [4.78, 5) is 11.8. The maximum atomic E-state index is 13.5. The van der Waals surface area contributed by atoms with Crippen molar-refractivity contribution in [3.8, 4) is 11.5 Å². The Morgan fingerprint density at radius 1 is 1.12 bits per heavy atom. The van der Waals surface area contributed by atoms with Gasteiger partial charge in [0.2, 0.25) is 5.91 Å². The van der Waals surface area contributed by atoms with E-state index in [2.05, 4.69) is 4.74 Å². The zero-order valence-corrected chi connectivity index (χ0v) is 13.2. The molecule has 0 spiro atoms. The second-order valence-electron chi connectivity index (χ2n) is 4.83. The fraction of sp³-hybridized carbons (Fsp3) is 0.118. The van der Waals surface area contributed by atoms with Gasteiger partial charge in [0.1, 0.15) is 5.82 Å². The first-order chi connectivity index (χ1) is 12.3. The fourth-order valence-electron chi connectivity index (χ4n) is 2.00. The van der Waals surface area contributed by atoms with Crippen molar-refractivity contribution < 1.29 is 36.2 Å². The molecule has 2 aromatic carbocycles. The molecule has 0 atom stereocenters. The lowest BCUT2D eigenvalue weighted by Gasteiger charge is -2.12. The van der Waals surface area contributed by atoms with Crippen LogP contribution in [0.4, 0.5) is 27.6 Å². The number of carbonyl (C=O) groups excluding carboxylic acids is 1. The van der Waals surface area contributed by atoms with Gasteiger partial charge >= 0.3 is 6.61 Å². The summed E-state index contributed by atoms with van der Waals surface area (Å²) in [6.45, 7) is -3.12. The lowest BCUT2D eigenvalue weighted by molar-refractivity contribution is -0.111. The molecular formula is C17H12F5NO3. The standard InChI is InChI=1S/C17H12F5NO3/c1-25-14-4-2-3-9(16(14)26-17(21)22)5-6-15(24)23-13-8-11(19)10(18)7-12(13)20/h2-8,17H,1H3,(H,23,24). The maximum Gasteiger partial charge on any atom is 0.387 e. The number of ether oxygens (including phenoxy) is 2. The quantitative estimate of drug-likeness (QED) is 0.465. The molecule has 2 rings (SSSR count). The highest BCUT2D eigenvalue weighted by atomic mass is 19.3. The molecule has 0 aliphatic heterocycles. The van der Waals surface area contributed by atoms with E-state index in [0.29, 0.717) is 6.07 Å². The van der Waals surface area contributed by atoms with Crippen LogP contribution < -0.4 is 14.8 Å². The molecule has 138 valence electrons. The van der Waals surface area contributed by atoms with Crippen LogP contribution in [0.2, 0.25) is 0 Å². The van der Waals surface area contributed by atoms with Crippen LogP contribution in [-0.4, -0.2) is 19.6 Å². The van der Waals surface area contributed by atoms with Crippen LogP contribution in [0.5, 0.6) is 11.5 Å². The van der Waals surface area contributed by atoms with Crippen molar-refractivity contribution >= 4 is 17.7 Å². The van der Waals surface area contributed by atoms with Gasteiger partial charge in [-0.1, -0.05) is 12.1 Å². The highest BCUT2D eigenvalue weighted by Gasteiger charge is 2.15. The third-order valence-electron chi connectivity index (χ3n) is 3.12. The number of benzene rings is 2. The van der Waals surface area contributed by atoms with Crippen LogP contribution in [0.1, 0.15) is 5.56 Å². The molecule has 0 heterocycles. The molecule has 0 aliphatic rings. The topological polar surface area (TPSA) is 47.6 Å². The molecule has 0 unspecified atom stereocenters. The predicted octanol–water partition coefficient (Wildman–Crippen LogP) is 4.37. The normalized spacial score (nSPS) is 11.0. The largest absolute Gasteiger partial charge is 0.493 e. The van der Waals surface area contributed by atoms with Crippen molar-refractivity contribution in [1.82, 2.24) is 0 Å². The number of rotatable bonds is 6. The molecule has 0 saturated carbocycles. The van der Waals surface area contributed by atoms with Gasteiger partial charge in [0.25, 0.3) is 0 Å². The average molecular weight is 373 g/mol. The Balaban J connectivity index is 2.22. The van der Waals surface area contributed by atoms with Crippen molar-refractivity contribution in [3.63, 3.8) is 0 Å². The number of anilines is 1. The van der Waals surface area contributed by atoms with E-state index >= 15 is 0 Å². The molecule has 2 aromatic rings. The fourth-order valence-corrected chi connectivity index (χ4v) is 2.00. The van der Waals surface area contributed by atoms with Crippen molar-refractivity contribution in [2.75, 3.05) is 12.4 Å². The zero-order chi connectivity index (χ0) is 19.3. The molecule has 0 saturated heterocycles. The van der Waals surface area contributed by atoms with Gasteiger partial charge in [-0.2, -0.15) is 8.78 Å². The zero-order valence-electron chi connectivity index (χ0n) is 13.2. The Labute approximate surface area is 144 Å². The molecule has 0 fully saturated rings. The SMILES string of the molecule is COc1cccc(C=CC(=O)Nc2cc(F)c(F)cc2F)c1OC(F)F. The number of amides is 1. The van der Waals surface area contributed by atoms with E-state index in [1.165, 1.54) is 25.3 Å². The molecule has 4 nitrogen and oxygen atoms in total. The average Bonchev–Trinajstić information content (AvgIpc) is 2.58. The van der Waals surface area contributed by atoms with Gasteiger partial charge in [0.05, 0.1) is 12.8 Å². The Morgan fingerprint density at radius 3 is 2.46 bits per heavy atom. The molecule has 0 aliphatic carbocycles. The lowest BCUT2D eigenvalue weighted by Crippen LogP contribution is -2.10. The minimum atomic E-state index is -3.12. The van der Waals surface area contributed by atoms with E-state index in [4.69, 9.17) is 4.74 Å². The first-order valence-electron chi connectivity index (χ1n) is 7.07. The first kappa shape index (κ1) is 19.2. The van der Waals surface area contributed by atoms with Crippen molar-refractivity contribution in [2.45, 2.75) is 6.61 Å². The monoisotopic (exact) mass is 373 g/mol. The maximum absolute atomic E-state index is 13.5. The molecule has 26 heavy (non-hydrogen) atoms. The molecule has 0 bridgehead atoms. The molecule has 1 N–H and O–H groups in total. The molecule has 0 aromatic heterocycles. The summed E-state index contributed by atoms with van der Waals surface area (Å²) in [5.74, 6) is -5.10.